The minimum Gasteiger partial charge on any atom is -0.494 e. The molecule has 0 aliphatic carbocycles. The van der Waals surface area contributed by atoms with Crippen LogP contribution in [0, 0.1) is 0 Å². The van der Waals surface area contributed by atoms with E-state index in [1.807, 2.05) is 66.7 Å². The third-order valence-electron chi connectivity index (χ3n) is 4.49. The highest BCUT2D eigenvalue weighted by Gasteiger charge is 2.02. The quantitative estimate of drug-likeness (QED) is 0.249. The number of unbranched alkanes of at least 4 members (excludes halogenated alkanes) is 1. The Balaban J connectivity index is 1.36. The lowest BCUT2D eigenvalue weighted by Gasteiger charge is -2.08. The highest BCUT2D eigenvalue weighted by Crippen LogP contribution is 2.18. The van der Waals surface area contributed by atoms with Crippen LogP contribution in [0.25, 0.3) is 0 Å². The van der Waals surface area contributed by atoms with Crippen LogP contribution >= 0.6 is 0 Å². The first kappa shape index (κ1) is 22.9. The van der Waals surface area contributed by atoms with Crippen LogP contribution in [-0.4, -0.2) is 25.3 Å². The lowest BCUT2D eigenvalue weighted by Crippen LogP contribution is -2.24. The van der Waals surface area contributed by atoms with Gasteiger partial charge in [0.15, 0.2) is 6.61 Å². The van der Waals surface area contributed by atoms with E-state index < -0.39 is 0 Å². The predicted octanol–water partition coefficient (Wildman–Crippen LogP) is 4.97. The molecule has 0 unspecified atom stereocenters. The number of benzene rings is 3. The molecule has 0 atom stereocenters. The number of nitrogens with zero attached hydrogens (tertiary/aromatic N) is 1. The van der Waals surface area contributed by atoms with Crippen LogP contribution < -0.4 is 19.6 Å². The number of rotatable bonds is 12. The molecule has 166 valence electrons. The minimum absolute atomic E-state index is 0.133. The third kappa shape index (κ3) is 8.14. The van der Waals surface area contributed by atoms with Gasteiger partial charge in [-0.25, -0.2) is 5.43 Å². The molecular weight excluding hydrogens is 404 g/mol. The van der Waals surface area contributed by atoms with Gasteiger partial charge in [-0.15, -0.1) is 0 Å². The van der Waals surface area contributed by atoms with E-state index in [4.69, 9.17) is 14.2 Å². The Kier molecular flexibility index (Phi) is 9.15. The first-order chi connectivity index (χ1) is 15.7. The summed E-state index contributed by atoms with van der Waals surface area (Å²) in [6.07, 6.45) is 3.71. The monoisotopic (exact) mass is 432 g/mol. The van der Waals surface area contributed by atoms with Gasteiger partial charge in [-0.2, -0.15) is 5.10 Å². The lowest BCUT2D eigenvalue weighted by atomic mass is 10.2. The van der Waals surface area contributed by atoms with Crippen LogP contribution in [0.15, 0.2) is 84.0 Å². The molecule has 32 heavy (non-hydrogen) atoms. The number of ether oxygens (including phenoxy) is 3. The molecule has 0 spiro atoms. The van der Waals surface area contributed by atoms with E-state index in [1.165, 1.54) is 0 Å². The summed E-state index contributed by atoms with van der Waals surface area (Å²) < 4.78 is 16.9. The molecular formula is C26H28N2O4. The van der Waals surface area contributed by atoms with E-state index in [9.17, 15) is 4.79 Å². The van der Waals surface area contributed by atoms with E-state index in [0.717, 1.165) is 35.5 Å². The molecule has 0 saturated heterocycles. The Hall–Kier alpha value is -3.80. The molecule has 1 amide bonds. The van der Waals surface area contributed by atoms with Gasteiger partial charge in [-0.05, 0) is 66.1 Å². The summed E-state index contributed by atoms with van der Waals surface area (Å²) in [4.78, 5) is 11.9. The zero-order valence-electron chi connectivity index (χ0n) is 18.2. The van der Waals surface area contributed by atoms with Crippen LogP contribution in [0.3, 0.4) is 0 Å². The van der Waals surface area contributed by atoms with Crippen LogP contribution in [-0.2, 0) is 11.4 Å². The van der Waals surface area contributed by atoms with Crippen LogP contribution in [0.1, 0.15) is 30.9 Å². The van der Waals surface area contributed by atoms with Crippen molar-refractivity contribution in [1.82, 2.24) is 5.43 Å². The molecule has 1 N–H and O–H groups in total. The summed E-state index contributed by atoms with van der Waals surface area (Å²) >= 11 is 0. The Labute approximate surface area is 188 Å². The highest BCUT2D eigenvalue weighted by molar-refractivity contribution is 5.83. The van der Waals surface area contributed by atoms with Crippen molar-refractivity contribution >= 4 is 12.1 Å². The fraction of sp³-hybridized carbons (Fsp3) is 0.231. The molecule has 0 heterocycles. The normalized spacial score (nSPS) is 10.7. The zero-order chi connectivity index (χ0) is 22.4. The number of hydrazone groups is 1. The standard InChI is InChI=1S/C26H28N2O4/c1-2-3-17-30-23-11-9-21(10-12-23)18-27-28-26(29)20-32-25-15-13-24(14-16-25)31-19-22-7-5-4-6-8-22/h4-16,18H,2-3,17,19-20H2,1H3,(H,28,29)/b27-18-. The van der Waals surface area contributed by atoms with Crippen LogP contribution in [0.2, 0.25) is 0 Å². The van der Waals surface area contributed by atoms with Gasteiger partial charge >= 0.3 is 0 Å². The maximum atomic E-state index is 11.9. The number of carbonyl (C=O) groups excluding carboxylic acids is 1. The lowest BCUT2D eigenvalue weighted by molar-refractivity contribution is -0.123. The van der Waals surface area contributed by atoms with E-state index in [-0.39, 0.29) is 12.5 Å². The van der Waals surface area contributed by atoms with Crippen molar-refractivity contribution in [3.8, 4) is 17.2 Å². The molecule has 0 aliphatic rings. The number of hydrogen-bond acceptors (Lipinski definition) is 5. The Morgan fingerprint density at radius 2 is 1.47 bits per heavy atom. The van der Waals surface area contributed by atoms with E-state index >= 15 is 0 Å². The summed E-state index contributed by atoms with van der Waals surface area (Å²) in [5.41, 5.74) is 4.42. The van der Waals surface area contributed by atoms with E-state index in [0.29, 0.717) is 19.0 Å². The first-order valence-corrected chi connectivity index (χ1v) is 10.7. The maximum Gasteiger partial charge on any atom is 0.277 e. The van der Waals surface area contributed by atoms with Gasteiger partial charge in [-0.3, -0.25) is 4.79 Å². The van der Waals surface area contributed by atoms with Crippen molar-refractivity contribution in [1.29, 1.82) is 0 Å². The fourth-order valence-corrected chi connectivity index (χ4v) is 2.72. The van der Waals surface area contributed by atoms with Gasteiger partial charge in [0.2, 0.25) is 0 Å². The summed E-state index contributed by atoms with van der Waals surface area (Å²) in [6, 6.07) is 24.6. The highest BCUT2D eigenvalue weighted by atomic mass is 16.5. The predicted molar refractivity (Wildman–Crippen MR) is 125 cm³/mol. The SMILES string of the molecule is CCCCOc1ccc(/C=N\NC(=O)COc2ccc(OCc3ccccc3)cc2)cc1. The van der Waals surface area contributed by atoms with Crippen molar-refractivity contribution < 1.29 is 19.0 Å². The van der Waals surface area contributed by atoms with Crippen LogP contribution in [0.4, 0.5) is 0 Å². The van der Waals surface area contributed by atoms with Gasteiger partial charge in [0.1, 0.15) is 23.9 Å². The van der Waals surface area contributed by atoms with Crippen molar-refractivity contribution in [2.75, 3.05) is 13.2 Å². The largest absolute Gasteiger partial charge is 0.494 e. The zero-order valence-corrected chi connectivity index (χ0v) is 18.2. The molecule has 0 bridgehead atoms. The van der Waals surface area contributed by atoms with Gasteiger partial charge < -0.3 is 14.2 Å². The molecule has 6 nitrogen and oxygen atoms in total. The molecule has 0 aliphatic heterocycles. The minimum atomic E-state index is -0.342. The molecule has 0 radical (unpaired) electrons. The fourth-order valence-electron chi connectivity index (χ4n) is 2.72. The van der Waals surface area contributed by atoms with E-state index in [1.54, 1.807) is 18.3 Å². The number of nitrogens with one attached hydrogen (secondary N) is 1. The van der Waals surface area contributed by atoms with Gasteiger partial charge in [0.05, 0.1) is 12.8 Å². The topological polar surface area (TPSA) is 69.2 Å². The second-order valence-corrected chi connectivity index (χ2v) is 7.10. The maximum absolute atomic E-state index is 11.9. The van der Waals surface area contributed by atoms with Crippen molar-refractivity contribution in [3.63, 3.8) is 0 Å². The average molecular weight is 433 g/mol. The molecule has 0 aromatic heterocycles. The van der Waals surface area contributed by atoms with Crippen molar-refractivity contribution in [3.05, 3.63) is 90.0 Å². The molecule has 3 aromatic carbocycles. The van der Waals surface area contributed by atoms with Gasteiger partial charge in [-0.1, -0.05) is 43.7 Å². The van der Waals surface area contributed by atoms with Crippen molar-refractivity contribution in [2.24, 2.45) is 5.10 Å². The van der Waals surface area contributed by atoms with E-state index in [2.05, 4.69) is 17.5 Å². The smallest absolute Gasteiger partial charge is 0.277 e. The van der Waals surface area contributed by atoms with Gasteiger partial charge in [0.25, 0.3) is 5.91 Å². The number of hydrogen-bond donors (Lipinski definition) is 1. The number of amides is 1. The summed E-state index contributed by atoms with van der Waals surface area (Å²) in [6.45, 7) is 3.20. The molecule has 0 fully saturated rings. The summed E-state index contributed by atoms with van der Waals surface area (Å²) in [7, 11) is 0. The summed E-state index contributed by atoms with van der Waals surface area (Å²) in [5.74, 6) is 1.79. The number of carbonyl (C=O) groups is 1. The molecule has 3 aromatic rings. The summed E-state index contributed by atoms with van der Waals surface area (Å²) in [5, 5.41) is 3.96. The van der Waals surface area contributed by atoms with Crippen LogP contribution in [0.5, 0.6) is 17.2 Å². The molecule has 0 saturated carbocycles. The Bertz CT molecular complexity index is 971. The Morgan fingerprint density at radius 3 is 2.16 bits per heavy atom. The second kappa shape index (κ2) is 12.8. The van der Waals surface area contributed by atoms with Crippen molar-refractivity contribution in [2.45, 2.75) is 26.4 Å². The third-order valence-corrected chi connectivity index (χ3v) is 4.49. The molecule has 3 rings (SSSR count). The molecule has 6 heteroatoms. The Morgan fingerprint density at radius 1 is 0.844 bits per heavy atom. The first-order valence-electron chi connectivity index (χ1n) is 10.7. The van der Waals surface area contributed by atoms with Gasteiger partial charge in [0, 0.05) is 0 Å². The second-order valence-electron chi connectivity index (χ2n) is 7.10. The average Bonchev–Trinajstić information content (AvgIpc) is 2.84.